The lowest BCUT2D eigenvalue weighted by molar-refractivity contribution is -0.120. The topological polar surface area (TPSA) is 50.4 Å². The van der Waals surface area contributed by atoms with Crippen molar-refractivity contribution in [2.24, 2.45) is 0 Å². The maximum atomic E-state index is 12.2. The molecule has 0 saturated heterocycles. The number of benzene rings is 2. The highest BCUT2D eigenvalue weighted by Gasteiger charge is 2.13. The van der Waals surface area contributed by atoms with E-state index in [0.29, 0.717) is 0 Å². The maximum Gasteiger partial charge on any atom is 0.239 e. The Morgan fingerprint density at radius 2 is 1.78 bits per heavy atom. The number of aryl methyl sites for hydroxylation is 2. The van der Waals surface area contributed by atoms with E-state index in [2.05, 4.69) is 16.7 Å². The first-order valence-electron chi connectivity index (χ1n) is 7.74. The van der Waals surface area contributed by atoms with E-state index < -0.39 is 0 Å². The summed E-state index contributed by atoms with van der Waals surface area (Å²) >= 11 is 0. The first-order valence-corrected chi connectivity index (χ1v) is 7.74. The molecule has 0 radical (unpaired) electrons. The number of carbonyl (C=O) groups excluding carboxylic acids is 1. The standard InChI is InChI=1S/C19H24N2O2/c1-13-9-14(2)11-16(10-13)20-12-19(22)21-15(3)17-7-5-6-8-18(17)23-4/h5-11,15,20H,12H2,1-4H3,(H,21,22). The number of nitrogens with one attached hydrogen (secondary N) is 2. The molecule has 4 heteroatoms. The molecule has 0 aromatic heterocycles. The lowest BCUT2D eigenvalue weighted by Gasteiger charge is -2.17. The molecule has 0 spiro atoms. The molecule has 122 valence electrons. The Morgan fingerprint density at radius 1 is 1.13 bits per heavy atom. The molecular weight excluding hydrogens is 288 g/mol. The van der Waals surface area contributed by atoms with Crippen LogP contribution in [0.2, 0.25) is 0 Å². The summed E-state index contributed by atoms with van der Waals surface area (Å²) in [7, 11) is 1.63. The van der Waals surface area contributed by atoms with Gasteiger partial charge >= 0.3 is 0 Å². The summed E-state index contributed by atoms with van der Waals surface area (Å²) in [5.41, 5.74) is 4.28. The molecule has 0 saturated carbocycles. The second-order valence-electron chi connectivity index (χ2n) is 5.76. The van der Waals surface area contributed by atoms with E-state index in [1.807, 2.05) is 57.2 Å². The van der Waals surface area contributed by atoms with Crippen molar-refractivity contribution in [2.75, 3.05) is 19.0 Å². The molecule has 2 N–H and O–H groups in total. The SMILES string of the molecule is COc1ccccc1C(C)NC(=O)CNc1cc(C)cc(C)c1. The third kappa shape index (κ3) is 4.74. The molecule has 1 unspecified atom stereocenters. The van der Waals surface area contributed by atoms with Gasteiger partial charge in [0.2, 0.25) is 5.91 Å². The first-order chi connectivity index (χ1) is 11.0. The van der Waals surface area contributed by atoms with Crippen LogP contribution in [0, 0.1) is 13.8 Å². The number of rotatable bonds is 6. The van der Waals surface area contributed by atoms with Crippen LogP contribution in [0.1, 0.15) is 29.7 Å². The molecule has 0 aliphatic heterocycles. The Kier molecular flexibility index (Phi) is 5.63. The predicted octanol–water partition coefficient (Wildman–Crippen LogP) is 3.60. The highest BCUT2D eigenvalue weighted by atomic mass is 16.5. The van der Waals surface area contributed by atoms with Crippen molar-refractivity contribution in [2.45, 2.75) is 26.8 Å². The van der Waals surface area contributed by atoms with Crippen molar-refractivity contribution in [3.63, 3.8) is 0 Å². The van der Waals surface area contributed by atoms with E-state index in [1.165, 1.54) is 11.1 Å². The van der Waals surface area contributed by atoms with Gasteiger partial charge < -0.3 is 15.4 Å². The van der Waals surface area contributed by atoms with E-state index in [0.717, 1.165) is 17.0 Å². The van der Waals surface area contributed by atoms with E-state index >= 15 is 0 Å². The lowest BCUT2D eigenvalue weighted by atomic mass is 10.1. The third-order valence-electron chi connectivity index (χ3n) is 3.66. The summed E-state index contributed by atoms with van der Waals surface area (Å²) in [4.78, 5) is 12.2. The van der Waals surface area contributed by atoms with Crippen LogP contribution < -0.4 is 15.4 Å². The maximum absolute atomic E-state index is 12.2. The van der Waals surface area contributed by atoms with Gasteiger partial charge in [0.05, 0.1) is 19.7 Å². The predicted molar refractivity (Wildman–Crippen MR) is 94.0 cm³/mol. The number of ether oxygens (including phenoxy) is 1. The minimum atomic E-state index is -0.111. The fourth-order valence-electron chi connectivity index (χ4n) is 2.65. The second kappa shape index (κ2) is 7.68. The molecule has 0 aliphatic rings. The fourth-order valence-corrected chi connectivity index (χ4v) is 2.65. The van der Waals surface area contributed by atoms with Crippen LogP contribution in [0.4, 0.5) is 5.69 Å². The largest absolute Gasteiger partial charge is 0.496 e. The highest BCUT2D eigenvalue weighted by molar-refractivity contribution is 5.81. The average molecular weight is 312 g/mol. The van der Waals surface area contributed by atoms with Gasteiger partial charge in [0, 0.05) is 11.3 Å². The minimum absolute atomic E-state index is 0.0532. The average Bonchev–Trinajstić information content (AvgIpc) is 2.52. The number of para-hydroxylation sites is 1. The summed E-state index contributed by atoms with van der Waals surface area (Å²) in [5.74, 6) is 0.727. The molecule has 4 nitrogen and oxygen atoms in total. The third-order valence-corrected chi connectivity index (χ3v) is 3.66. The molecule has 0 fully saturated rings. The van der Waals surface area contributed by atoms with Gasteiger partial charge in [-0.25, -0.2) is 0 Å². The Labute approximate surface area is 137 Å². The van der Waals surface area contributed by atoms with Gasteiger partial charge in [-0.1, -0.05) is 24.3 Å². The van der Waals surface area contributed by atoms with Gasteiger partial charge in [0.1, 0.15) is 5.75 Å². The van der Waals surface area contributed by atoms with Crippen LogP contribution in [-0.4, -0.2) is 19.6 Å². The van der Waals surface area contributed by atoms with Crippen molar-refractivity contribution >= 4 is 11.6 Å². The highest BCUT2D eigenvalue weighted by Crippen LogP contribution is 2.24. The second-order valence-corrected chi connectivity index (χ2v) is 5.76. The van der Waals surface area contributed by atoms with Crippen molar-refractivity contribution in [3.05, 3.63) is 59.2 Å². The minimum Gasteiger partial charge on any atom is -0.496 e. The Morgan fingerprint density at radius 3 is 2.43 bits per heavy atom. The summed E-state index contributed by atoms with van der Waals surface area (Å²) in [6.07, 6.45) is 0. The molecule has 2 rings (SSSR count). The van der Waals surface area contributed by atoms with E-state index in [9.17, 15) is 4.79 Å². The molecule has 2 aromatic carbocycles. The molecule has 0 bridgehead atoms. The fraction of sp³-hybridized carbons (Fsp3) is 0.316. The van der Waals surface area contributed by atoms with Gasteiger partial charge in [0.15, 0.2) is 0 Å². The zero-order valence-electron chi connectivity index (χ0n) is 14.1. The monoisotopic (exact) mass is 312 g/mol. The lowest BCUT2D eigenvalue weighted by Crippen LogP contribution is -2.32. The normalized spacial score (nSPS) is 11.7. The Bertz CT molecular complexity index is 663. The van der Waals surface area contributed by atoms with Gasteiger partial charge in [-0.2, -0.15) is 0 Å². The molecule has 0 aliphatic carbocycles. The van der Waals surface area contributed by atoms with Crippen molar-refractivity contribution < 1.29 is 9.53 Å². The summed E-state index contributed by atoms with van der Waals surface area (Å²) < 4.78 is 5.34. The van der Waals surface area contributed by atoms with Crippen LogP contribution >= 0.6 is 0 Å². The van der Waals surface area contributed by atoms with Crippen LogP contribution in [0.15, 0.2) is 42.5 Å². The number of amides is 1. The van der Waals surface area contributed by atoms with Gasteiger partial charge in [-0.05, 0) is 50.1 Å². The first kappa shape index (κ1) is 16.9. The van der Waals surface area contributed by atoms with Crippen molar-refractivity contribution in [3.8, 4) is 5.75 Å². The number of methoxy groups -OCH3 is 1. The van der Waals surface area contributed by atoms with Crippen LogP contribution in [0.5, 0.6) is 5.75 Å². The quantitative estimate of drug-likeness (QED) is 0.857. The van der Waals surface area contributed by atoms with E-state index in [4.69, 9.17) is 4.74 Å². The molecule has 1 atom stereocenters. The number of carbonyl (C=O) groups is 1. The van der Waals surface area contributed by atoms with Gasteiger partial charge in [0.25, 0.3) is 0 Å². The van der Waals surface area contributed by atoms with Gasteiger partial charge in [-0.15, -0.1) is 0 Å². The molecule has 2 aromatic rings. The smallest absolute Gasteiger partial charge is 0.239 e. The van der Waals surface area contributed by atoms with Crippen LogP contribution in [0.25, 0.3) is 0 Å². The Hall–Kier alpha value is -2.49. The number of anilines is 1. The summed E-state index contributed by atoms with van der Waals surface area (Å²) in [6, 6.07) is 13.8. The van der Waals surface area contributed by atoms with Crippen LogP contribution in [0.3, 0.4) is 0 Å². The molecule has 23 heavy (non-hydrogen) atoms. The summed E-state index contributed by atoms with van der Waals surface area (Å²) in [5, 5.41) is 6.16. The molecule has 1 amide bonds. The molecular formula is C19H24N2O2. The number of hydrogen-bond donors (Lipinski definition) is 2. The van der Waals surface area contributed by atoms with Crippen LogP contribution in [-0.2, 0) is 4.79 Å². The van der Waals surface area contributed by atoms with Crippen molar-refractivity contribution in [1.82, 2.24) is 5.32 Å². The Balaban J connectivity index is 1.94. The molecule has 0 heterocycles. The summed E-state index contributed by atoms with van der Waals surface area (Å²) in [6.45, 7) is 6.28. The number of hydrogen-bond acceptors (Lipinski definition) is 3. The zero-order valence-corrected chi connectivity index (χ0v) is 14.1. The van der Waals surface area contributed by atoms with Crippen molar-refractivity contribution in [1.29, 1.82) is 0 Å². The zero-order chi connectivity index (χ0) is 16.8. The van der Waals surface area contributed by atoms with Gasteiger partial charge in [-0.3, -0.25) is 4.79 Å². The van der Waals surface area contributed by atoms with E-state index in [-0.39, 0.29) is 18.5 Å². The van der Waals surface area contributed by atoms with E-state index in [1.54, 1.807) is 7.11 Å².